The fourth-order valence-corrected chi connectivity index (χ4v) is 2.39. The molecule has 0 aliphatic carbocycles. The summed E-state index contributed by atoms with van der Waals surface area (Å²) in [7, 11) is 0. The summed E-state index contributed by atoms with van der Waals surface area (Å²) in [5.74, 6) is -0.870. The first kappa shape index (κ1) is 21.0. The maximum Gasteiger partial charge on any atom is 0.338 e. The average molecular weight is 384 g/mol. The molecular formula is C21H24N2O5. The summed E-state index contributed by atoms with van der Waals surface area (Å²) in [4.78, 5) is 35.6. The van der Waals surface area contributed by atoms with E-state index in [1.165, 1.54) is 6.07 Å². The SMILES string of the molecule is CCOC(=O)c1cccc(OCC(=O)NCC(=O)Nc2cccc(C)c2C)c1. The number of nitrogens with one attached hydrogen (secondary N) is 2. The van der Waals surface area contributed by atoms with Crippen LogP contribution in [0, 0.1) is 13.8 Å². The van der Waals surface area contributed by atoms with Crippen molar-refractivity contribution in [2.45, 2.75) is 20.8 Å². The first-order chi connectivity index (χ1) is 13.4. The molecule has 0 aromatic heterocycles. The van der Waals surface area contributed by atoms with Gasteiger partial charge in [0, 0.05) is 5.69 Å². The lowest BCUT2D eigenvalue weighted by Crippen LogP contribution is -2.35. The quantitative estimate of drug-likeness (QED) is 0.683. The van der Waals surface area contributed by atoms with Gasteiger partial charge in [0.1, 0.15) is 5.75 Å². The minimum Gasteiger partial charge on any atom is -0.484 e. The van der Waals surface area contributed by atoms with E-state index in [1.54, 1.807) is 25.1 Å². The van der Waals surface area contributed by atoms with Crippen molar-refractivity contribution in [3.05, 3.63) is 59.2 Å². The van der Waals surface area contributed by atoms with Gasteiger partial charge in [-0.2, -0.15) is 0 Å². The Morgan fingerprint density at radius 1 is 1.00 bits per heavy atom. The van der Waals surface area contributed by atoms with Gasteiger partial charge in [-0.1, -0.05) is 18.2 Å². The molecule has 7 nitrogen and oxygen atoms in total. The van der Waals surface area contributed by atoms with E-state index in [0.717, 1.165) is 11.1 Å². The van der Waals surface area contributed by atoms with Crippen molar-refractivity contribution in [1.82, 2.24) is 5.32 Å². The zero-order valence-corrected chi connectivity index (χ0v) is 16.2. The number of benzene rings is 2. The van der Waals surface area contributed by atoms with Crippen LogP contribution in [-0.2, 0) is 14.3 Å². The molecule has 7 heteroatoms. The number of hydrogen-bond acceptors (Lipinski definition) is 5. The topological polar surface area (TPSA) is 93.7 Å². The van der Waals surface area contributed by atoms with Crippen molar-refractivity contribution in [1.29, 1.82) is 0 Å². The molecule has 0 saturated heterocycles. The van der Waals surface area contributed by atoms with Crippen LogP contribution in [0.4, 0.5) is 5.69 Å². The smallest absolute Gasteiger partial charge is 0.338 e. The predicted octanol–water partition coefficient (Wildman–Crippen LogP) is 2.61. The third kappa shape index (κ3) is 6.12. The summed E-state index contributed by atoms with van der Waals surface area (Å²) in [6.07, 6.45) is 0. The Morgan fingerprint density at radius 3 is 2.50 bits per heavy atom. The second-order valence-corrected chi connectivity index (χ2v) is 6.11. The number of hydrogen-bond donors (Lipinski definition) is 2. The zero-order valence-electron chi connectivity index (χ0n) is 16.2. The number of carbonyl (C=O) groups is 3. The van der Waals surface area contributed by atoms with E-state index in [1.807, 2.05) is 32.0 Å². The lowest BCUT2D eigenvalue weighted by atomic mass is 10.1. The molecule has 0 saturated carbocycles. The van der Waals surface area contributed by atoms with Gasteiger partial charge < -0.3 is 20.1 Å². The van der Waals surface area contributed by atoms with Crippen LogP contribution in [0.25, 0.3) is 0 Å². The standard InChI is InChI=1S/C21H24N2O5/c1-4-27-21(26)16-8-6-9-17(11-16)28-13-20(25)22-12-19(24)23-18-10-5-7-14(2)15(18)3/h5-11H,4,12-13H2,1-3H3,(H,22,25)(H,23,24). The molecule has 2 rings (SSSR count). The zero-order chi connectivity index (χ0) is 20.5. The molecule has 0 bridgehead atoms. The Bertz CT molecular complexity index is 864. The molecule has 2 amide bonds. The summed E-state index contributed by atoms with van der Waals surface area (Å²) in [5.41, 5.74) is 3.10. The van der Waals surface area contributed by atoms with E-state index in [4.69, 9.17) is 9.47 Å². The van der Waals surface area contributed by atoms with Crippen molar-refractivity contribution in [3.63, 3.8) is 0 Å². The Hall–Kier alpha value is -3.35. The highest BCUT2D eigenvalue weighted by molar-refractivity contribution is 5.95. The van der Waals surface area contributed by atoms with Gasteiger partial charge in [-0.15, -0.1) is 0 Å². The third-order valence-corrected chi connectivity index (χ3v) is 4.04. The molecule has 0 aliphatic rings. The molecule has 0 unspecified atom stereocenters. The second kappa shape index (κ2) is 10.1. The van der Waals surface area contributed by atoms with E-state index in [9.17, 15) is 14.4 Å². The van der Waals surface area contributed by atoms with Gasteiger partial charge in [0.25, 0.3) is 5.91 Å². The highest BCUT2D eigenvalue weighted by Crippen LogP contribution is 2.17. The van der Waals surface area contributed by atoms with Crippen molar-refractivity contribution in [2.75, 3.05) is 25.1 Å². The molecule has 0 fully saturated rings. The molecule has 2 N–H and O–H groups in total. The Kier molecular flexibility index (Phi) is 7.56. The highest BCUT2D eigenvalue weighted by Gasteiger charge is 2.10. The molecule has 2 aromatic rings. The minimum absolute atomic E-state index is 0.168. The van der Waals surface area contributed by atoms with Crippen LogP contribution in [0.1, 0.15) is 28.4 Å². The largest absolute Gasteiger partial charge is 0.484 e. The number of ether oxygens (including phenoxy) is 2. The van der Waals surface area contributed by atoms with E-state index in [-0.39, 0.29) is 25.7 Å². The Morgan fingerprint density at radius 2 is 1.75 bits per heavy atom. The van der Waals surface area contributed by atoms with Crippen LogP contribution in [0.15, 0.2) is 42.5 Å². The van der Waals surface area contributed by atoms with Crippen LogP contribution >= 0.6 is 0 Å². The number of rotatable bonds is 8. The number of aryl methyl sites for hydroxylation is 1. The molecule has 0 heterocycles. The average Bonchev–Trinajstić information content (AvgIpc) is 2.68. The predicted molar refractivity (Wildman–Crippen MR) is 105 cm³/mol. The number of amides is 2. The molecule has 28 heavy (non-hydrogen) atoms. The summed E-state index contributed by atoms with van der Waals surface area (Å²) in [6, 6.07) is 12.0. The normalized spacial score (nSPS) is 10.1. The first-order valence-corrected chi connectivity index (χ1v) is 8.93. The number of esters is 1. The first-order valence-electron chi connectivity index (χ1n) is 8.93. The van der Waals surface area contributed by atoms with E-state index in [0.29, 0.717) is 17.0 Å². The van der Waals surface area contributed by atoms with Gasteiger partial charge in [-0.25, -0.2) is 4.79 Å². The van der Waals surface area contributed by atoms with Crippen molar-refractivity contribution in [3.8, 4) is 5.75 Å². The minimum atomic E-state index is -0.458. The Labute approximate surface area is 164 Å². The lowest BCUT2D eigenvalue weighted by Gasteiger charge is -2.11. The van der Waals surface area contributed by atoms with Gasteiger partial charge in [0.2, 0.25) is 5.91 Å². The molecule has 148 valence electrons. The molecule has 0 radical (unpaired) electrons. The summed E-state index contributed by atoms with van der Waals surface area (Å²) >= 11 is 0. The van der Waals surface area contributed by atoms with Crippen molar-refractivity contribution >= 4 is 23.5 Å². The molecule has 2 aromatic carbocycles. The van der Waals surface area contributed by atoms with Crippen molar-refractivity contribution < 1.29 is 23.9 Å². The summed E-state index contributed by atoms with van der Waals surface area (Å²) in [5, 5.41) is 5.26. The Balaban J connectivity index is 1.80. The fourth-order valence-electron chi connectivity index (χ4n) is 2.39. The number of anilines is 1. The second-order valence-electron chi connectivity index (χ2n) is 6.11. The maximum atomic E-state index is 12.0. The summed E-state index contributed by atoms with van der Waals surface area (Å²) < 4.78 is 10.3. The third-order valence-electron chi connectivity index (χ3n) is 4.04. The van der Waals surface area contributed by atoms with Gasteiger partial charge in [-0.3, -0.25) is 9.59 Å². The van der Waals surface area contributed by atoms with Crippen LogP contribution in [0.3, 0.4) is 0 Å². The van der Waals surface area contributed by atoms with Gasteiger partial charge in [0.05, 0.1) is 18.7 Å². The summed E-state index contributed by atoms with van der Waals surface area (Å²) in [6.45, 7) is 5.43. The van der Waals surface area contributed by atoms with Crippen LogP contribution in [0.5, 0.6) is 5.75 Å². The monoisotopic (exact) mass is 384 g/mol. The number of carbonyl (C=O) groups excluding carboxylic acids is 3. The van der Waals surface area contributed by atoms with Gasteiger partial charge in [-0.05, 0) is 56.2 Å². The van der Waals surface area contributed by atoms with E-state index >= 15 is 0 Å². The van der Waals surface area contributed by atoms with E-state index < -0.39 is 11.9 Å². The lowest BCUT2D eigenvalue weighted by molar-refractivity contribution is -0.125. The van der Waals surface area contributed by atoms with Crippen LogP contribution in [-0.4, -0.2) is 37.5 Å². The maximum absolute atomic E-state index is 12.0. The molecular weight excluding hydrogens is 360 g/mol. The van der Waals surface area contributed by atoms with E-state index in [2.05, 4.69) is 10.6 Å². The van der Waals surface area contributed by atoms with Crippen LogP contribution < -0.4 is 15.4 Å². The van der Waals surface area contributed by atoms with Gasteiger partial charge in [0.15, 0.2) is 6.61 Å². The van der Waals surface area contributed by atoms with Crippen molar-refractivity contribution in [2.24, 2.45) is 0 Å². The molecule has 0 spiro atoms. The van der Waals surface area contributed by atoms with Crippen LogP contribution in [0.2, 0.25) is 0 Å². The molecule has 0 aliphatic heterocycles. The van der Waals surface area contributed by atoms with Gasteiger partial charge >= 0.3 is 5.97 Å². The fraction of sp³-hybridized carbons (Fsp3) is 0.286. The highest BCUT2D eigenvalue weighted by atomic mass is 16.5. The molecule has 0 atom stereocenters.